The summed E-state index contributed by atoms with van der Waals surface area (Å²) in [5.74, 6) is 0.340. The highest BCUT2D eigenvalue weighted by molar-refractivity contribution is 5.94. The van der Waals surface area contributed by atoms with Gasteiger partial charge in [0.25, 0.3) is 5.91 Å². The Morgan fingerprint density at radius 3 is 2.47 bits per heavy atom. The zero-order valence-corrected chi connectivity index (χ0v) is 11.1. The number of ether oxygens (including phenoxy) is 1. The summed E-state index contributed by atoms with van der Waals surface area (Å²) in [7, 11) is 1.59. The molecule has 1 amide bonds. The number of nitrogens with zero attached hydrogens (tertiary/aromatic N) is 1. The summed E-state index contributed by atoms with van der Waals surface area (Å²) in [4.78, 5) is 15.1. The molecule has 0 saturated carbocycles. The van der Waals surface area contributed by atoms with Crippen LogP contribution in [0.5, 0.6) is 5.88 Å². The maximum atomic E-state index is 11.2. The van der Waals surface area contributed by atoms with E-state index in [9.17, 15) is 4.79 Å². The lowest BCUT2D eigenvalue weighted by atomic mass is 10.2. The molecule has 0 aliphatic heterocycles. The van der Waals surface area contributed by atoms with Crippen molar-refractivity contribution in [2.24, 2.45) is 0 Å². The van der Waals surface area contributed by atoms with Gasteiger partial charge in [-0.15, -0.1) is 0 Å². The number of aromatic nitrogens is 1. The van der Waals surface area contributed by atoms with E-state index < -0.39 is 0 Å². The normalized spacial score (nSPS) is 8.94. The molecule has 1 aromatic rings. The fourth-order valence-electron chi connectivity index (χ4n) is 0.922. The molecule has 1 heterocycles. The van der Waals surface area contributed by atoms with Crippen LogP contribution in [0.1, 0.15) is 44.0 Å². The van der Waals surface area contributed by atoms with E-state index in [-0.39, 0.29) is 5.91 Å². The number of hydrogen-bond acceptors (Lipinski definition) is 3. The summed E-state index contributed by atoms with van der Waals surface area (Å²) in [6, 6.07) is 3.25. The molecule has 4 heteroatoms. The van der Waals surface area contributed by atoms with Gasteiger partial charge in [-0.1, -0.05) is 26.7 Å². The quantitative estimate of drug-likeness (QED) is 0.877. The molecule has 0 bridgehead atoms. The molecule has 0 spiro atoms. The summed E-state index contributed by atoms with van der Waals surface area (Å²) in [6.07, 6.45) is 4.19. The predicted octanol–water partition coefficient (Wildman–Crippen LogP) is 2.65. The van der Waals surface area contributed by atoms with Gasteiger partial charge in [-0.25, -0.2) is 4.98 Å². The highest BCUT2D eigenvalue weighted by Crippen LogP contribution is 2.08. The number of unbranched alkanes of at least 4 members (excludes halogenated alkanes) is 1. The van der Waals surface area contributed by atoms with Gasteiger partial charge >= 0.3 is 0 Å². The Kier molecular flexibility index (Phi) is 8.74. The topological polar surface area (TPSA) is 51.2 Å². The van der Waals surface area contributed by atoms with E-state index in [1.165, 1.54) is 12.8 Å². The predicted molar refractivity (Wildman–Crippen MR) is 69.4 cm³/mol. The first-order chi connectivity index (χ1) is 8.19. The third-order valence-corrected chi connectivity index (χ3v) is 2.02. The van der Waals surface area contributed by atoms with E-state index in [0.717, 1.165) is 0 Å². The SMILES string of the molecule is CCCC.CCOc1cc(C(=O)NC)ccn1. The lowest BCUT2D eigenvalue weighted by molar-refractivity contribution is 0.0962. The standard InChI is InChI=1S/C9H12N2O2.C4H10/c1-3-13-8-6-7(4-5-11-8)9(12)10-2;1-3-4-2/h4-6H,3H2,1-2H3,(H,10,12);3-4H2,1-2H3. The summed E-state index contributed by atoms with van der Waals surface area (Å²) >= 11 is 0. The number of carbonyl (C=O) groups excluding carboxylic acids is 1. The van der Waals surface area contributed by atoms with Gasteiger partial charge in [-0.3, -0.25) is 4.79 Å². The Hall–Kier alpha value is -1.58. The number of rotatable bonds is 4. The van der Waals surface area contributed by atoms with Crippen LogP contribution in [0.15, 0.2) is 18.3 Å². The van der Waals surface area contributed by atoms with Gasteiger partial charge in [-0.2, -0.15) is 0 Å². The van der Waals surface area contributed by atoms with E-state index in [0.29, 0.717) is 18.1 Å². The van der Waals surface area contributed by atoms with Crippen LogP contribution in [0.4, 0.5) is 0 Å². The van der Waals surface area contributed by atoms with Crippen LogP contribution in [-0.2, 0) is 0 Å². The van der Waals surface area contributed by atoms with Crippen LogP contribution >= 0.6 is 0 Å². The Labute approximate surface area is 103 Å². The van der Waals surface area contributed by atoms with Crippen molar-refractivity contribution in [1.82, 2.24) is 10.3 Å². The molecule has 1 aromatic heterocycles. The second-order valence-electron chi connectivity index (χ2n) is 3.39. The summed E-state index contributed by atoms with van der Waals surface area (Å²) < 4.78 is 5.15. The lowest BCUT2D eigenvalue weighted by Gasteiger charge is -2.03. The van der Waals surface area contributed by atoms with Crippen molar-refractivity contribution in [3.63, 3.8) is 0 Å². The van der Waals surface area contributed by atoms with Crippen LogP contribution in [0.25, 0.3) is 0 Å². The van der Waals surface area contributed by atoms with Gasteiger partial charge < -0.3 is 10.1 Å². The second kappa shape index (κ2) is 9.63. The van der Waals surface area contributed by atoms with E-state index in [4.69, 9.17) is 4.74 Å². The number of amides is 1. The molecule has 96 valence electrons. The Balaban J connectivity index is 0.000000557. The fraction of sp³-hybridized carbons (Fsp3) is 0.538. The minimum Gasteiger partial charge on any atom is -0.478 e. The van der Waals surface area contributed by atoms with Gasteiger partial charge in [-0.05, 0) is 13.0 Å². The molecular weight excluding hydrogens is 216 g/mol. The van der Waals surface area contributed by atoms with E-state index in [2.05, 4.69) is 24.1 Å². The average molecular weight is 238 g/mol. The van der Waals surface area contributed by atoms with Crippen molar-refractivity contribution in [1.29, 1.82) is 0 Å². The molecule has 0 aliphatic rings. The number of nitrogens with one attached hydrogen (secondary N) is 1. The Morgan fingerprint density at radius 2 is 2.00 bits per heavy atom. The molecular formula is C13H22N2O2. The maximum absolute atomic E-state index is 11.2. The highest BCUT2D eigenvalue weighted by Gasteiger charge is 2.04. The number of carbonyl (C=O) groups is 1. The summed E-state index contributed by atoms with van der Waals surface area (Å²) in [5.41, 5.74) is 0.556. The van der Waals surface area contributed by atoms with Crippen molar-refractivity contribution in [2.75, 3.05) is 13.7 Å². The minimum absolute atomic E-state index is 0.136. The first-order valence-electron chi connectivity index (χ1n) is 6.00. The summed E-state index contributed by atoms with van der Waals surface area (Å²) in [6.45, 7) is 6.78. The number of hydrogen-bond donors (Lipinski definition) is 1. The first kappa shape index (κ1) is 15.4. The third kappa shape index (κ3) is 6.56. The fourth-order valence-corrected chi connectivity index (χ4v) is 0.922. The second-order valence-corrected chi connectivity index (χ2v) is 3.39. The molecule has 0 aliphatic carbocycles. The molecule has 1 N–H and O–H groups in total. The summed E-state index contributed by atoms with van der Waals surface area (Å²) in [5, 5.41) is 2.53. The largest absolute Gasteiger partial charge is 0.478 e. The molecule has 0 saturated heterocycles. The van der Waals surface area contributed by atoms with Crippen molar-refractivity contribution in [2.45, 2.75) is 33.6 Å². The zero-order chi connectivity index (χ0) is 13.1. The monoisotopic (exact) mass is 238 g/mol. The minimum atomic E-state index is -0.136. The molecule has 1 rings (SSSR count). The third-order valence-electron chi connectivity index (χ3n) is 2.02. The molecule has 4 nitrogen and oxygen atoms in total. The van der Waals surface area contributed by atoms with Gasteiger partial charge in [0, 0.05) is 24.9 Å². The van der Waals surface area contributed by atoms with Crippen LogP contribution < -0.4 is 10.1 Å². The molecule has 0 fully saturated rings. The molecule has 0 atom stereocenters. The lowest BCUT2D eigenvalue weighted by Crippen LogP contribution is -2.17. The molecule has 17 heavy (non-hydrogen) atoms. The Morgan fingerprint density at radius 1 is 1.35 bits per heavy atom. The van der Waals surface area contributed by atoms with Crippen LogP contribution in [-0.4, -0.2) is 24.5 Å². The Bertz CT molecular complexity index is 325. The van der Waals surface area contributed by atoms with Gasteiger partial charge in [0.2, 0.25) is 5.88 Å². The highest BCUT2D eigenvalue weighted by atomic mass is 16.5. The van der Waals surface area contributed by atoms with E-state index in [1.807, 2.05) is 6.92 Å². The van der Waals surface area contributed by atoms with Crippen molar-refractivity contribution in [3.05, 3.63) is 23.9 Å². The van der Waals surface area contributed by atoms with Crippen LogP contribution in [0.3, 0.4) is 0 Å². The first-order valence-corrected chi connectivity index (χ1v) is 6.00. The number of pyridine rings is 1. The van der Waals surface area contributed by atoms with Crippen LogP contribution in [0, 0.1) is 0 Å². The van der Waals surface area contributed by atoms with Crippen molar-refractivity contribution in [3.8, 4) is 5.88 Å². The van der Waals surface area contributed by atoms with Gasteiger partial charge in [0.05, 0.1) is 6.61 Å². The van der Waals surface area contributed by atoms with Crippen molar-refractivity contribution < 1.29 is 9.53 Å². The van der Waals surface area contributed by atoms with Gasteiger partial charge in [0.15, 0.2) is 0 Å². The zero-order valence-electron chi connectivity index (χ0n) is 11.1. The van der Waals surface area contributed by atoms with E-state index >= 15 is 0 Å². The molecule has 0 unspecified atom stereocenters. The van der Waals surface area contributed by atoms with Crippen LogP contribution in [0.2, 0.25) is 0 Å². The maximum Gasteiger partial charge on any atom is 0.251 e. The van der Waals surface area contributed by atoms with Gasteiger partial charge in [0.1, 0.15) is 0 Å². The molecule has 0 aromatic carbocycles. The van der Waals surface area contributed by atoms with Crippen molar-refractivity contribution >= 4 is 5.91 Å². The smallest absolute Gasteiger partial charge is 0.251 e. The average Bonchev–Trinajstić information content (AvgIpc) is 2.39. The molecule has 0 radical (unpaired) electrons. The van der Waals surface area contributed by atoms with E-state index in [1.54, 1.807) is 25.4 Å².